The molecule has 1 atom stereocenters. The summed E-state index contributed by atoms with van der Waals surface area (Å²) in [6.07, 6.45) is 8.43. The van der Waals surface area contributed by atoms with Gasteiger partial charge in [-0.1, -0.05) is 0 Å². The van der Waals surface area contributed by atoms with E-state index in [9.17, 15) is 0 Å². The first kappa shape index (κ1) is 14.8. The maximum atomic E-state index is 6.00. The Bertz CT molecular complexity index is 650. The fraction of sp³-hybridized carbons (Fsp3) is 0.556. The van der Waals surface area contributed by atoms with Crippen LogP contribution in [0.2, 0.25) is 0 Å². The molecule has 0 spiro atoms. The number of fused-ring (bicyclic) bond motifs is 1. The molecule has 0 unspecified atom stereocenters. The van der Waals surface area contributed by atoms with Gasteiger partial charge in [-0.25, -0.2) is 0 Å². The Hall–Kier alpha value is -1.72. The van der Waals surface area contributed by atoms with Crippen molar-refractivity contribution in [2.24, 2.45) is 13.0 Å². The van der Waals surface area contributed by atoms with Crippen molar-refractivity contribution in [3.8, 4) is 0 Å². The van der Waals surface area contributed by atoms with Crippen LogP contribution in [0.4, 0.5) is 0 Å². The molecule has 0 bridgehead atoms. The zero-order valence-electron chi connectivity index (χ0n) is 13.7. The van der Waals surface area contributed by atoms with Gasteiger partial charge in [0.2, 0.25) is 0 Å². The first-order valence-corrected chi connectivity index (χ1v) is 8.49. The highest BCUT2D eigenvalue weighted by atomic mass is 16.5. The fourth-order valence-electron chi connectivity index (χ4n) is 3.50. The molecular weight excluding hydrogens is 288 g/mol. The van der Waals surface area contributed by atoms with E-state index in [0.29, 0.717) is 5.92 Å². The zero-order valence-corrected chi connectivity index (χ0v) is 13.7. The summed E-state index contributed by atoms with van der Waals surface area (Å²) >= 11 is 0. The van der Waals surface area contributed by atoms with E-state index in [1.54, 1.807) is 0 Å². The van der Waals surface area contributed by atoms with E-state index in [0.717, 1.165) is 38.8 Å². The molecule has 0 saturated heterocycles. The van der Waals surface area contributed by atoms with Crippen LogP contribution in [0.5, 0.6) is 0 Å². The minimum absolute atomic E-state index is 0.409. The molecule has 0 aromatic carbocycles. The second kappa shape index (κ2) is 6.42. The van der Waals surface area contributed by atoms with Gasteiger partial charge in [0.15, 0.2) is 0 Å². The molecule has 0 amide bonds. The van der Waals surface area contributed by atoms with Crippen LogP contribution in [0, 0.1) is 5.92 Å². The van der Waals surface area contributed by atoms with Gasteiger partial charge in [-0.2, -0.15) is 5.10 Å². The van der Waals surface area contributed by atoms with E-state index in [4.69, 9.17) is 4.74 Å². The van der Waals surface area contributed by atoms with Gasteiger partial charge < -0.3 is 4.74 Å². The molecule has 1 saturated carbocycles. The lowest BCUT2D eigenvalue weighted by molar-refractivity contribution is 0.0870. The van der Waals surface area contributed by atoms with Crippen molar-refractivity contribution in [3.05, 3.63) is 47.5 Å². The monoisotopic (exact) mass is 312 g/mol. The number of pyridine rings is 1. The summed E-state index contributed by atoms with van der Waals surface area (Å²) in [6, 6.07) is 4.19. The Labute approximate surface area is 137 Å². The summed E-state index contributed by atoms with van der Waals surface area (Å²) < 4.78 is 8.03. The Balaban J connectivity index is 1.46. The molecule has 2 aromatic rings. The third-order valence-corrected chi connectivity index (χ3v) is 4.85. The molecule has 2 aliphatic rings. The fourth-order valence-corrected chi connectivity index (χ4v) is 3.50. The quantitative estimate of drug-likeness (QED) is 0.821. The summed E-state index contributed by atoms with van der Waals surface area (Å²) in [5, 5.41) is 4.47. The molecule has 1 aliphatic heterocycles. The van der Waals surface area contributed by atoms with Gasteiger partial charge in [0.05, 0.1) is 12.8 Å². The number of hydrogen-bond donors (Lipinski definition) is 0. The predicted octanol–water partition coefficient (Wildman–Crippen LogP) is 2.34. The van der Waals surface area contributed by atoms with Gasteiger partial charge in [0.25, 0.3) is 0 Å². The van der Waals surface area contributed by atoms with Crippen LogP contribution in [0.25, 0.3) is 0 Å². The number of aryl methyl sites for hydroxylation is 1. The van der Waals surface area contributed by atoms with Crippen molar-refractivity contribution < 1.29 is 4.74 Å². The average molecular weight is 312 g/mol. The van der Waals surface area contributed by atoms with Gasteiger partial charge in [-0.05, 0) is 36.5 Å². The molecule has 0 radical (unpaired) electrons. The number of nitrogens with zero attached hydrogens (tertiary/aromatic N) is 4. The number of ether oxygens (including phenoxy) is 1. The summed E-state index contributed by atoms with van der Waals surface area (Å²) in [5.74, 6) is 1.23. The van der Waals surface area contributed by atoms with Crippen LogP contribution in [0.1, 0.15) is 35.6 Å². The van der Waals surface area contributed by atoms with Crippen molar-refractivity contribution in [2.75, 3.05) is 19.8 Å². The molecule has 2 aromatic heterocycles. The summed E-state index contributed by atoms with van der Waals surface area (Å²) in [4.78, 5) is 6.59. The number of aromatic nitrogens is 3. The van der Waals surface area contributed by atoms with E-state index < -0.39 is 0 Å². The average Bonchev–Trinajstić information content (AvgIpc) is 3.31. The molecule has 0 N–H and O–H groups in total. The van der Waals surface area contributed by atoms with Crippen LogP contribution >= 0.6 is 0 Å². The summed E-state index contributed by atoms with van der Waals surface area (Å²) in [5.41, 5.74) is 4.00. The lowest BCUT2D eigenvalue weighted by Crippen LogP contribution is -2.35. The molecule has 4 rings (SSSR count). The van der Waals surface area contributed by atoms with Gasteiger partial charge in [0, 0.05) is 62.9 Å². The Kier molecular flexibility index (Phi) is 4.14. The van der Waals surface area contributed by atoms with Crippen molar-refractivity contribution in [1.29, 1.82) is 0 Å². The zero-order chi connectivity index (χ0) is 15.6. The Morgan fingerprint density at radius 1 is 1.22 bits per heavy atom. The highest BCUT2D eigenvalue weighted by Crippen LogP contribution is 2.31. The second-order valence-electron chi connectivity index (χ2n) is 6.88. The second-order valence-corrected chi connectivity index (χ2v) is 6.88. The van der Waals surface area contributed by atoms with Crippen LogP contribution < -0.4 is 0 Å². The topological polar surface area (TPSA) is 43.2 Å². The first-order chi connectivity index (χ1) is 11.3. The summed E-state index contributed by atoms with van der Waals surface area (Å²) in [6.45, 7) is 4.67. The predicted molar refractivity (Wildman–Crippen MR) is 87.8 cm³/mol. The van der Waals surface area contributed by atoms with E-state index >= 15 is 0 Å². The molecule has 122 valence electrons. The molecule has 5 heteroatoms. The van der Waals surface area contributed by atoms with Crippen LogP contribution in [0.15, 0.2) is 30.7 Å². The molecule has 5 nitrogen and oxygen atoms in total. The minimum Gasteiger partial charge on any atom is -0.380 e. The molecule has 1 aliphatic carbocycles. The number of rotatable bonds is 6. The minimum atomic E-state index is 0.409. The molecule has 3 heterocycles. The van der Waals surface area contributed by atoms with Crippen molar-refractivity contribution in [2.45, 2.75) is 31.8 Å². The summed E-state index contributed by atoms with van der Waals surface area (Å²) in [7, 11) is 2.05. The molecule has 23 heavy (non-hydrogen) atoms. The largest absolute Gasteiger partial charge is 0.380 e. The van der Waals surface area contributed by atoms with Crippen LogP contribution in [-0.4, -0.2) is 39.4 Å². The Morgan fingerprint density at radius 3 is 2.83 bits per heavy atom. The third kappa shape index (κ3) is 3.46. The third-order valence-electron chi connectivity index (χ3n) is 4.85. The first-order valence-electron chi connectivity index (χ1n) is 8.49. The van der Waals surface area contributed by atoms with Crippen molar-refractivity contribution in [3.63, 3.8) is 0 Å². The smallest absolute Gasteiger partial charge is 0.0562 e. The van der Waals surface area contributed by atoms with Gasteiger partial charge in [0.1, 0.15) is 0 Å². The van der Waals surface area contributed by atoms with Crippen molar-refractivity contribution >= 4 is 0 Å². The van der Waals surface area contributed by atoms with E-state index in [1.165, 1.54) is 29.7 Å². The van der Waals surface area contributed by atoms with Crippen LogP contribution in [-0.2, 0) is 24.9 Å². The van der Waals surface area contributed by atoms with E-state index in [2.05, 4.69) is 27.1 Å². The lowest BCUT2D eigenvalue weighted by Gasteiger charge is -2.33. The number of hydrogen-bond acceptors (Lipinski definition) is 4. The standard InChI is InChI=1S/C18H24N4O/c1-21-18-16(8-20-21)10-22(9-14-4-6-19-7-5-14)11-17(18)13-23-12-15-2-3-15/h4-8,15,17H,2-3,9-13H2,1H3/t17-/m1/s1. The van der Waals surface area contributed by atoms with Gasteiger partial charge in [-0.15, -0.1) is 0 Å². The van der Waals surface area contributed by atoms with Crippen LogP contribution in [0.3, 0.4) is 0 Å². The molecular formula is C18H24N4O. The highest BCUT2D eigenvalue weighted by molar-refractivity contribution is 5.25. The van der Waals surface area contributed by atoms with Gasteiger partial charge in [-0.3, -0.25) is 14.6 Å². The van der Waals surface area contributed by atoms with E-state index in [-0.39, 0.29) is 0 Å². The maximum absolute atomic E-state index is 6.00. The Morgan fingerprint density at radius 2 is 2.04 bits per heavy atom. The maximum Gasteiger partial charge on any atom is 0.0562 e. The van der Waals surface area contributed by atoms with Gasteiger partial charge >= 0.3 is 0 Å². The van der Waals surface area contributed by atoms with E-state index in [1.807, 2.05) is 30.3 Å². The lowest BCUT2D eigenvalue weighted by atomic mass is 9.96. The SMILES string of the molecule is Cn1ncc2c1[C@@H](COCC1CC1)CN(Cc1ccncc1)C2. The molecule has 1 fully saturated rings. The van der Waals surface area contributed by atoms with Crippen molar-refractivity contribution in [1.82, 2.24) is 19.7 Å². The normalized spacial score (nSPS) is 21.3. The highest BCUT2D eigenvalue weighted by Gasteiger charge is 2.29.